The van der Waals surface area contributed by atoms with Crippen LogP contribution in [0, 0.1) is 6.42 Å². The number of hydrogen-bond acceptors (Lipinski definition) is 2. The van der Waals surface area contributed by atoms with Crippen LogP contribution in [0.25, 0.3) is 0 Å². The molecular formula is C8H8NO2. The first kappa shape index (κ1) is 7.75. The van der Waals surface area contributed by atoms with Gasteiger partial charge in [-0.3, -0.25) is 10.0 Å². The second kappa shape index (κ2) is 3.73. The van der Waals surface area contributed by atoms with Crippen LogP contribution in [0.1, 0.15) is 5.56 Å². The van der Waals surface area contributed by atoms with Gasteiger partial charge in [-0.25, -0.2) is 5.48 Å². The van der Waals surface area contributed by atoms with Crippen molar-refractivity contribution in [2.24, 2.45) is 0 Å². The number of rotatable bonds is 2. The number of hydrogen-bond donors (Lipinski definition) is 2. The lowest BCUT2D eigenvalue weighted by molar-refractivity contribution is -0.125. The molecule has 3 heteroatoms. The maximum Gasteiger partial charge on any atom is 0.252 e. The summed E-state index contributed by atoms with van der Waals surface area (Å²) in [7, 11) is 0. The number of carbonyl (C=O) groups is 1. The summed E-state index contributed by atoms with van der Waals surface area (Å²) in [5.74, 6) is -0.517. The van der Waals surface area contributed by atoms with Gasteiger partial charge in [0.2, 0.25) is 0 Å². The predicted molar refractivity (Wildman–Crippen MR) is 39.8 cm³/mol. The lowest BCUT2D eigenvalue weighted by Gasteiger charge is -1.96. The van der Waals surface area contributed by atoms with E-state index in [-0.39, 0.29) is 0 Å². The van der Waals surface area contributed by atoms with Gasteiger partial charge in [-0.05, 0) is 5.56 Å². The molecule has 57 valence electrons. The first-order chi connectivity index (χ1) is 5.33. The summed E-state index contributed by atoms with van der Waals surface area (Å²) >= 11 is 0. The fourth-order valence-electron chi connectivity index (χ4n) is 0.733. The Morgan fingerprint density at radius 3 is 2.55 bits per heavy atom. The highest BCUT2D eigenvalue weighted by Gasteiger charge is 1.99. The van der Waals surface area contributed by atoms with E-state index in [4.69, 9.17) is 5.21 Å². The Hall–Kier alpha value is -1.35. The van der Waals surface area contributed by atoms with Gasteiger partial charge >= 0.3 is 0 Å². The summed E-state index contributed by atoms with van der Waals surface area (Å²) < 4.78 is 0. The van der Waals surface area contributed by atoms with E-state index >= 15 is 0 Å². The molecule has 1 aromatic rings. The maximum atomic E-state index is 10.6. The average molecular weight is 150 g/mol. The predicted octanol–water partition coefficient (Wildman–Crippen LogP) is 0.744. The lowest BCUT2D eigenvalue weighted by atomic mass is 10.1. The third kappa shape index (κ3) is 2.39. The summed E-state index contributed by atoms with van der Waals surface area (Å²) in [5, 5.41) is 8.17. The molecule has 0 spiro atoms. The molecule has 3 nitrogen and oxygen atoms in total. The van der Waals surface area contributed by atoms with E-state index in [2.05, 4.69) is 0 Å². The third-order valence-corrected chi connectivity index (χ3v) is 1.21. The van der Waals surface area contributed by atoms with Crippen LogP contribution in [0.2, 0.25) is 0 Å². The molecule has 0 bridgehead atoms. The Kier molecular flexibility index (Phi) is 2.63. The van der Waals surface area contributed by atoms with Gasteiger partial charge in [0.25, 0.3) is 5.91 Å². The number of carbonyl (C=O) groups excluding carboxylic acids is 1. The van der Waals surface area contributed by atoms with Gasteiger partial charge in [0, 0.05) is 0 Å². The van der Waals surface area contributed by atoms with Crippen LogP contribution >= 0.6 is 0 Å². The van der Waals surface area contributed by atoms with Gasteiger partial charge in [0.15, 0.2) is 0 Å². The minimum absolute atomic E-state index is 0.517. The minimum atomic E-state index is -0.517. The first-order valence-electron chi connectivity index (χ1n) is 3.17. The highest BCUT2D eigenvalue weighted by Crippen LogP contribution is 2.00. The molecule has 0 saturated heterocycles. The molecule has 2 N–H and O–H groups in total. The molecule has 1 rings (SSSR count). The van der Waals surface area contributed by atoms with E-state index in [1.165, 1.54) is 11.9 Å². The average Bonchev–Trinajstić information content (AvgIpc) is 2.06. The summed E-state index contributed by atoms with van der Waals surface area (Å²) in [6.45, 7) is 0. The third-order valence-electron chi connectivity index (χ3n) is 1.21. The van der Waals surface area contributed by atoms with Gasteiger partial charge in [-0.1, -0.05) is 30.3 Å². The molecule has 0 saturated carbocycles. The van der Waals surface area contributed by atoms with Crippen molar-refractivity contribution in [1.29, 1.82) is 0 Å². The Bertz CT molecular complexity index is 233. The van der Waals surface area contributed by atoms with Crippen molar-refractivity contribution in [1.82, 2.24) is 5.48 Å². The van der Waals surface area contributed by atoms with E-state index < -0.39 is 5.91 Å². The topological polar surface area (TPSA) is 49.3 Å². The second-order valence-corrected chi connectivity index (χ2v) is 2.03. The SMILES string of the molecule is O=C([CH]c1ccccc1)NO. The normalized spacial score (nSPS) is 9.18. The molecule has 0 heterocycles. The van der Waals surface area contributed by atoms with Gasteiger partial charge in [0.05, 0.1) is 6.42 Å². The van der Waals surface area contributed by atoms with Crippen LogP contribution in [0.15, 0.2) is 30.3 Å². The zero-order valence-electron chi connectivity index (χ0n) is 5.82. The van der Waals surface area contributed by atoms with Gasteiger partial charge in [-0.2, -0.15) is 0 Å². The van der Waals surface area contributed by atoms with Crippen LogP contribution < -0.4 is 5.48 Å². The maximum absolute atomic E-state index is 10.6. The fraction of sp³-hybridized carbons (Fsp3) is 0. The number of hydroxylamine groups is 1. The summed E-state index contributed by atoms with van der Waals surface area (Å²) in [6.07, 6.45) is 1.31. The van der Waals surface area contributed by atoms with Crippen molar-refractivity contribution in [3.63, 3.8) is 0 Å². The van der Waals surface area contributed by atoms with Crippen LogP contribution in [-0.4, -0.2) is 11.1 Å². The molecule has 0 atom stereocenters. The van der Waals surface area contributed by atoms with Crippen molar-refractivity contribution in [2.45, 2.75) is 0 Å². The molecule has 0 aliphatic heterocycles. The van der Waals surface area contributed by atoms with Crippen molar-refractivity contribution < 1.29 is 10.0 Å². The van der Waals surface area contributed by atoms with Gasteiger partial charge in [-0.15, -0.1) is 0 Å². The lowest BCUT2D eigenvalue weighted by Crippen LogP contribution is -2.18. The van der Waals surface area contributed by atoms with E-state index in [1.807, 2.05) is 18.2 Å². The number of amides is 1. The zero-order chi connectivity index (χ0) is 8.10. The van der Waals surface area contributed by atoms with Crippen molar-refractivity contribution in [3.05, 3.63) is 42.3 Å². The summed E-state index contributed by atoms with van der Waals surface area (Å²) in [4.78, 5) is 10.6. The molecule has 0 unspecified atom stereocenters. The molecule has 11 heavy (non-hydrogen) atoms. The fourth-order valence-corrected chi connectivity index (χ4v) is 0.733. The minimum Gasteiger partial charge on any atom is -0.289 e. The molecule has 0 aromatic heterocycles. The van der Waals surface area contributed by atoms with Crippen LogP contribution in [-0.2, 0) is 4.79 Å². The van der Waals surface area contributed by atoms with Gasteiger partial charge in [0.1, 0.15) is 0 Å². The quantitative estimate of drug-likeness (QED) is 0.482. The molecule has 1 radical (unpaired) electrons. The zero-order valence-corrected chi connectivity index (χ0v) is 5.82. The number of nitrogens with one attached hydrogen (secondary N) is 1. The van der Waals surface area contributed by atoms with E-state index in [9.17, 15) is 4.79 Å². The van der Waals surface area contributed by atoms with Crippen molar-refractivity contribution >= 4 is 5.91 Å². The Morgan fingerprint density at radius 1 is 1.36 bits per heavy atom. The van der Waals surface area contributed by atoms with Crippen LogP contribution in [0.4, 0.5) is 0 Å². The van der Waals surface area contributed by atoms with E-state index in [1.54, 1.807) is 12.1 Å². The molecule has 0 aliphatic rings. The summed E-state index contributed by atoms with van der Waals surface area (Å²) in [6, 6.07) is 9.03. The Morgan fingerprint density at radius 2 is 2.00 bits per heavy atom. The highest BCUT2D eigenvalue weighted by atomic mass is 16.5. The molecule has 1 amide bonds. The largest absolute Gasteiger partial charge is 0.289 e. The standard InChI is InChI=1S/C8H8NO2/c10-8(9-11)6-7-4-2-1-3-5-7/h1-6,11H,(H,9,10). The number of benzene rings is 1. The summed E-state index contributed by atoms with van der Waals surface area (Å²) in [5.41, 5.74) is 2.28. The van der Waals surface area contributed by atoms with Gasteiger partial charge < -0.3 is 0 Å². The molecular weight excluding hydrogens is 142 g/mol. The smallest absolute Gasteiger partial charge is 0.252 e. The monoisotopic (exact) mass is 150 g/mol. The Balaban J connectivity index is 2.58. The van der Waals surface area contributed by atoms with E-state index in [0.29, 0.717) is 0 Å². The second-order valence-electron chi connectivity index (χ2n) is 2.03. The van der Waals surface area contributed by atoms with E-state index in [0.717, 1.165) is 5.56 Å². The molecule has 0 aliphatic carbocycles. The molecule has 1 aromatic carbocycles. The van der Waals surface area contributed by atoms with Crippen molar-refractivity contribution in [3.8, 4) is 0 Å². The molecule has 0 fully saturated rings. The Labute approximate surface area is 64.6 Å². The van der Waals surface area contributed by atoms with Crippen LogP contribution in [0.3, 0.4) is 0 Å². The van der Waals surface area contributed by atoms with Crippen LogP contribution in [0.5, 0.6) is 0 Å². The van der Waals surface area contributed by atoms with Crippen molar-refractivity contribution in [2.75, 3.05) is 0 Å². The highest BCUT2D eigenvalue weighted by molar-refractivity contribution is 5.87. The first-order valence-corrected chi connectivity index (χ1v) is 3.17.